The van der Waals surface area contributed by atoms with Crippen LogP contribution in [0, 0.1) is 12.8 Å². The highest BCUT2D eigenvalue weighted by molar-refractivity contribution is 4.63. The molecule has 0 aliphatic rings. The van der Waals surface area contributed by atoms with Crippen LogP contribution in [0.4, 0.5) is 0 Å². The zero-order valence-corrected chi connectivity index (χ0v) is 4.33. The largest absolute Gasteiger partial charge is 0.394 e. The monoisotopic (exact) mass is 102 g/mol. The van der Waals surface area contributed by atoms with Crippen molar-refractivity contribution < 1.29 is 10.2 Å². The van der Waals surface area contributed by atoms with Crippen molar-refractivity contribution >= 4 is 0 Å². The third kappa shape index (κ3) is 2.60. The Kier molecular flexibility index (Phi) is 2.96. The lowest BCUT2D eigenvalue weighted by atomic mass is 10.1. The van der Waals surface area contributed by atoms with Crippen molar-refractivity contribution in [1.29, 1.82) is 0 Å². The molecule has 2 heteroatoms. The summed E-state index contributed by atoms with van der Waals surface area (Å²) in [4.78, 5) is 0. The van der Waals surface area contributed by atoms with E-state index in [0.29, 0.717) is 0 Å². The molecule has 0 rings (SSSR count). The molecule has 0 spiro atoms. The maximum absolute atomic E-state index is 8.56. The lowest BCUT2D eigenvalue weighted by Gasteiger charge is -2.08. The molecule has 0 aromatic rings. The predicted octanol–water partition coefficient (Wildman–Crippen LogP) is -0.313. The summed E-state index contributed by atoms with van der Waals surface area (Å²) < 4.78 is 0. The molecule has 42 valence electrons. The first-order valence-electron chi connectivity index (χ1n) is 2.23. The van der Waals surface area contributed by atoms with E-state index in [9.17, 15) is 0 Å². The van der Waals surface area contributed by atoms with Gasteiger partial charge in [-0.3, -0.25) is 0 Å². The van der Waals surface area contributed by atoms with Crippen LogP contribution in [0.25, 0.3) is 0 Å². The van der Waals surface area contributed by atoms with Gasteiger partial charge in [0.25, 0.3) is 0 Å². The minimum Gasteiger partial charge on any atom is -0.394 e. The van der Waals surface area contributed by atoms with Crippen LogP contribution >= 0.6 is 0 Å². The third-order valence-corrected chi connectivity index (χ3v) is 0.794. The molecule has 0 aromatic carbocycles. The molecule has 0 saturated heterocycles. The highest BCUT2D eigenvalue weighted by Crippen LogP contribution is 1.96. The van der Waals surface area contributed by atoms with Gasteiger partial charge in [0.05, 0.1) is 12.7 Å². The molecule has 7 heavy (non-hydrogen) atoms. The fourth-order valence-corrected chi connectivity index (χ4v) is 0.166. The van der Waals surface area contributed by atoms with Gasteiger partial charge in [0.15, 0.2) is 0 Å². The second-order valence-electron chi connectivity index (χ2n) is 1.61. The van der Waals surface area contributed by atoms with E-state index in [1.54, 1.807) is 6.92 Å². The number of aliphatic hydroxyl groups is 2. The quantitative estimate of drug-likeness (QED) is 0.502. The Morgan fingerprint density at radius 1 is 1.71 bits per heavy atom. The summed E-state index contributed by atoms with van der Waals surface area (Å²) in [6.07, 6.45) is -0.764. The van der Waals surface area contributed by atoms with E-state index in [4.69, 9.17) is 17.1 Å². The highest BCUT2D eigenvalue weighted by atomic mass is 16.3. The van der Waals surface area contributed by atoms with E-state index in [1.807, 2.05) is 0 Å². The lowest BCUT2D eigenvalue weighted by molar-refractivity contribution is 0.0676. The van der Waals surface area contributed by atoms with Crippen molar-refractivity contribution in [2.45, 2.75) is 13.0 Å². The maximum Gasteiger partial charge on any atom is 0.0799 e. The van der Waals surface area contributed by atoms with Gasteiger partial charge in [-0.05, 0) is 12.8 Å². The third-order valence-electron chi connectivity index (χ3n) is 0.794. The average molecular weight is 102 g/mol. The van der Waals surface area contributed by atoms with Crippen molar-refractivity contribution in [1.82, 2.24) is 0 Å². The topological polar surface area (TPSA) is 40.5 Å². The Bertz CT molecular complexity index is 43.3. The molecule has 0 aromatic heterocycles. The molecule has 0 heterocycles. The van der Waals surface area contributed by atoms with Gasteiger partial charge in [0.2, 0.25) is 0 Å². The molecule has 2 atom stereocenters. The molecule has 2 unspecified atom stereocenters. The SMILES string of the molecule is [CH]C(C)C(O)CO. The lowest BCUT2D eigenvalue weighted by Crippen LogP contribution is -2.18. The van der Waals surface area contributed by atoms with Gasteiger partial charge < -0.3 is 10.2 Å². The number of hydrogen-bond donors (Lipinski definition) is 2. The standard InChI is InChI=1S/C5H10O2/c1-4(2)5(7)3-6/h1,4-7H,3H2,2H3. The first-order chi connectivity index (χ1) is 3.18. The summed E-state index contributed by atoms with van der Waals surface area (Å²) in [6, 6.07) is 0. The van der Waals surface area contributed by atoms with Gasteiger partial charge in [-0.2, -0.15) is 0 Å². The van der Waals surface area contributed by atoms with Gasteiger partial charge in [-0.15, -0.1) is 0 Å². The zero-order valence-electron chi connectivity index (χ0n) is 4.33. The molecule has 0 amide bonds. The molecule has 2 radical (unpaired) electrons. The van der Waals surface area contributed by atoms with Gasteiger partial charge in [-0.25, -0.2) is 0 Å². The zero-order chi connectivity index (χ0) is 5.86. The van der Waals surface area contributed by atoms with Gasteiger partial charge in [0.1, 0.15) is 0 Å². The molecular formula is C5H10O2. The molecule has 2 nitrogen and oxygen atoms in total. The Hall–Kier alpha value is -0.0800. The molecule has 0 bridgehead atoms. The van der Waals surface area contributed by atoms with E-state index in [2.05, 4.69) is 0 Å². The molecule has 0 saturated carbocycles. The van der Waals surface area contributed by atoms with Crippen LogP contribution in [-0.4, -0.2) is 22.9 Å². The van der Waals surface area contributed by atoms with E-state index in [1.165, 1.54) is 0 Å². The van der Waals surface area contributed by atoms with Crippen LogP contribution in [-0.2, 0) is 0 Å². The van der Waals surface area contributed by atoms with E-state index < -0.39 is 6.10 Å². The second-order valence-corrected chi connectivity index (χ2v) is 1.61. The highest BCUT2D eigenvalue weighted by Gasteiger charge is 2.05. The summed E-state index contributed by atoms with van der Waals surface area (Å²) >= 11 is 0. The van der Waals surface area contributed by atoms with Gasteiger partial charge >= 0.3 is 0 Å². The van der Waals surface area contributed by atoms with Crippen LogP contribution in [0.2, 0.25) is 0 Å². The van der Waals surface area contributed by atoms with Gasteiger partial charge in [0, 0.05) is 0 Å². The van der Waals surface area contributed by atoms with Crippen molar-refractivity contribution in [3.05, 3.63) is 6.92 Å². The minimum absolute atomic E-state index is 0.252. The Balaban J connectivity index is 3.14. The van der Waals surface area contributed by atoms with E-state index in [-0.39, 0.29) is 12.5 Å². The minimum atomic E-state index is -0.764. The molecule has 0 aliphatic carbocycles. The predicted molar refractivity (Wildman–Crippen MR) is 26.6 cm³/mol. The fraction of sp³-hybridized carbons (Fsp3) is 0.800. The normalized spacial score (nSPS) is 15.0. The number of rotatable bonds is 2. The van der Waals surface area contributed by atoms with Crippen molar-refractivity contribution in [2.75, 3.05) is 6.61 Å². The Morgan fingerprint density at radius 2 is 2.14 bits per heavy atom. The number of hydrogen-bond acceptors (Lipinski definition) is 2. The smallest absolute Gasteiger partial charge is 0.0799 e. The molecular weight excluding hydrogens is 92.1 g/mol. The van der Waals surface area contributed by atoms with Crippen molar-refractivity contribution in [3.63, 3.8) is 0 Å². The van der Waals surface area contributed by atoms with Crippen molar-refractivity contribution in [2.24, 2.45) is 5.92 Å². The number of aliphatic hydroxyl groups excluding tert-OH is 2. The van der Waals surface area contributed by atoms with Crippen molar-refractivity contribution in [3.8, 4) is 0 Å². The maximum atomic E-state index is 8.56. The summed E-state index contributed by atoms with van der Waals surface area (Å²) in [5, 5.41) is 16.7. The van der Waals surface area contributed by atoms with E-state index in [0.717, 1.165) is 0 Å². The summed E-state index contributed by atoms with van der Waals surface area (Å²) in [5.74, 6) is -0.329. The Morgan fingerprint density at radius 3 is 2.14 bits per heavy atom. The Labute approximate surface area is 43.8 Å². The first kappa shape index (κ1) is 6.92. The summed E-state index contributed by atoms with van der Waals surface area (Å²) in [7, 11) is 0. The molecule has 0 fully saturated rings. The van der Waals surface area contributed by atoms with Crippen LogP contribution in [0.3, 0.4) is 0 Å². The average Bonchev–Trinajstić information content (AvgIpc) is 1.65. The second kappa shape index (κ2) is 2.99. The molecule has 2 N–H and O–H groups in total. The summed E-state index contributed by atoms with van der Waals surface area (Å²) in [5.41, 5.74) is 0. The summed E-state index contributed by atoms with van der Waals surface area (Å²) in [6.45, 7) is 6.52. The van der Waals surface area contributed by atoms with Crippen LogP contribution in [0.5, 0.6) is 0 Å². The van der Waals surface area contributed by atoms with Crippen LogP contribution in [0.15, 0.2) is 0 Å². The van der Waals surface area contributed by atoms with E-state index >= 15 is 0 Å². The first-order valence-corrected chi connectivity index (χ1v) is 2.23. The fourth-order valence-electron chi connectivity index (χ4n) is 0.166. The van der Waals surface area contributed by atoms with Crippen LogP contribution in [0.1, 0.15) is 6.92 Å². The van der Waals surface area contributed by atoms with Gasteiger partial charge in [-0.1, -0.05) is 6.92 Å². The molecule has 0 aliphatic heterocycles. The van der Waals surface area contributed by atoms with Crippen LogP contribution < -0.4 is 0 Å².